The molecule has 113 heavy (non-hydrogen) atoms. The van der Waals surface area contributed by atoms with Crippen molar-refractivity contribution in [2.75, 3.05) is 28.9 Å². The Kier molecular flexibility index (Phi) is 17.9. The van der Waals surface area contributed by atoms with E-state index in [0.717, 1.165) is 82.6 Å². The molecule has 0 bridgehead atoms. The van der Waals surface area contributed by atoms with Gasteiger partial charge in [-0.2, -0.15) is 0 Å². The lowest BCUT2D eigenvalue weighted by atomic mass is 9.88. The molecule has 5 heterocycles. The van der Waals surface area contributed by atoms with Gasteiger partial charge in [0.2, 0.25) is 0 Å². The molecule has 17 aromatic rings. The van der Waals surface area contributed by atoms with E-state index in [9.17, 15) is 28.8 Å². The number of nitrogens with zero attached hydrogens (tertiary/aromatic N) is 7. The molecule has 538 valence electrons. The number of para-hydroxylation sites is 2. The summed E-state index contributed by atoms with van der Waals surface area (Å²) in [5.41, 5.74) is 15.1. The van der Waals surface area contributed by atoms with E-state index in [0.29, 0.717) is 101 Å². The number of pyridine rings is 1. The average Bonchev–Trinajstić information content (AvgIpc) is 0.744. The molecule has 15 heteroatoms. The summed E-state index contributed by atoms with van der Waals surface area (Å²) in [6, 6.07) is 106. The summed E-state index contributed by atoms with van der Waals surface area (Å²) in [4.78, 5) is 104. The summed E-state index contributed by atoms with van der Waals surface area (Å²) in [5.74, 6) is 0.447. The molecule has 0 spiro atoms. The minimum Gasteiger partial charge on any atom is -0.496 e. The predicted molar refractivity (Wildman–Crippen MR) is 444 cm³/mol. The van der Waals surface area contributed by atoms with Crippen LogP contribution < -0.4 is 24.2 Å². The summed E-state index contributed by atoms with van der Waals surface area (Å²) in [5, 5.41) is 6.20. The number of hydrogen-bond acceptors (Lipinski definition) is 12. The molecule has 0 saturated carbocycles. The minimum atomic E-state index is -0.404. The van der Waals surface area contributed by atoms with Crippen molar-refractivity contribution in [3.63, 3.8) is 0 Å². The first-order chi connectivity index (χ1) is 55.5. The molecule has 0 radical (unpaired) electrons. The van der Waals surface area contributed by atoms with Crippen LogP contribution in [0.25, 0.3) is 122 Å². The van der Waals surface area contributed by atoms with Crippen LogP contribution in [0, 0.1) is 0 Å². The van der Waals surface area contributed by atoms with Gasteiger partial charge in [0, 0.05) is 89.4 Å². The van der Waals surface area contributed by atoms with Gasteiger partial charge >= 0.3 is 0 Å². The molecule has 0 saturated heterocycles. The van der Waals surface area contributed by atoms with Gasteiger partial charge in [0.25, 0.3) is 35.4 Å². The van der Waals surface area contributed by atoms with E-state index in [1.165, 1.54) is 14.7 Å². The molecule has 20 rings (SSSR count). The van der Waals surface area contributed by atoms with Crippen LogP contribution in [0.4, 0.5) is 17.1 Å². The van der Waals surface area contributed by atoms with E-state index in [1.54, 1.807) is 93.3 Å². The first kappa shape index (κ1) is 69.3. The Hall–Kier alpha value is -15.5. The second-order valence-corrected chi connectivity index (χ2v) is 27.2. The maximum absolute atomic E-state index is 13.9. The van der Waals surface area contributed by atoms with Gasteiger partial charge in [-0.15, -0.1) is 0 Å². The number of rotatable bonds is 12. The summed E-state index contributed by atoms with van der Waals surface area (Å²) in [7, 11) is 3.17. The number of carbonyl (C=O) groups excluding carboxylic acids is 6. The minimum absolute atomic E-state index is 0.288. The Morgan fingerprint density at radius 3 is 1.09 bits per heavy atom. The summed E-state index contributed by atoms with van der Waals surface area (Å²) < 4.78 is 11.5. The van der Waals surface area contributed by atoms with Crippen LogP contribution in [0.15, 0.2) is 346 Å². The second kappa shape index (κ2) is 29.2. The first-order valence-corrected chi connectivity index (χ1v) is 36.6. The summed E-state index contributed by atoms with van der Waals surface area (Å²) in [6.45, 7) is 0. The number of methoxy groups -OCH3 is 2. The van der Waals surface area contributed by atoms with Crippen molar-refractivity contribution in [1.82, 2.24) is 19.9 Å². The van der Waals surface area contributed by atoms with Gasteiger partial charge in [-0.05, 0) is 164 Å². The van der Waals surface area contributed by atoms with Crippen molar-refractivity contribution in [3.05, 3.63) is 379 Å². The third-order valence-corrected chi connectivity index (χ3v) is 20.8. The van der Waals surface area contributed by atoms with Gasteiger partial charge in [0.1, 0.15) is 11.5 Å². The van der Waals surface area contributed by atoms with E-state index in [2.05, 4.69) is 41.4 Å². The van der Waals surface area contributed by atoms with Gasteiger partial charge in [-0.3, -0.25) is 33.8 Å². The number of anilines is 3. The Morgan fingerprint density at radius 2 is 0.575 bits per heavy atom. The molecule has 0 aliphatic carbocycles. The number of carbonyl (C=O) groups is 6. The number of fused-ring (bicyclic) bond motifs is 1. The Bertz CT molecular complexity index is 6630. The maximum Gasteiger partial charge on any atom is 0.265 e. The molecular formula is C98H63N7O8. The average molecular weight is 1470 g/mol. The lowest BCUT2D eigenvalue weighted by molar-refractivity contribution is 0.0877. The third-order valence-electron chi connectivity index (χ3n) is 20.8. The van der Waals surface area contributed by atoms with E-state index in [4.69, 9.17) is 24.4 Å². The molecule has 15 nitrogen and oxygen atoms in total. The zero-order valence-electron chi connectivity index (χ0n) is 60.8. The fraction of sp³-hybridized carbons (Fsp3) is 0.0204. The van der Waals surface area contributed by atoms with Crippen molar-refractivity contribution in [3.8, 4) is 90.2 Å². The highest BCUT2D eigenvalue weighted by Gasteiger charge is 2.39. The van der Waals surface area contributed by atoms with Crippen LogP contribution in [0.5, 0.6) is 11.5 Å². The summed E-state index contributed by atoms with van der Waals surface area (Å²) >= 11 is 0. The van der Waals surface area contributed by atoms with E-state index < -0.39 is 11.8 Å². The highest BCUT2D eigenvalue weighted by atomic mass is 16.5. The van der Waals surface area contributed by atoms with Gasteiger partial charge in [0.15, 0.2) is 17.5 Å². The van der Waals surface area contributed by atoms with E-state index in [1.807, 2.05) is 231 Å². The monoisotopic (exact) mass is 1470 g/mol. The van der Waals surface area contributed by atoms with Crippen molar-refractivity contribution in [1.29, 1.82) is 0 Å². The lowest BCUT2D eigenvalue weighted by Crippen LogP contribution is -2.40. The van der Waals surface area contributed by atoms with Crippen molar-refractivity contribution in [2.24, 2.45) is 0 Å². The first-order valence-electron chi connectivity index (χ1n) is 36.6. The number of imide groups is 3. The lowest BCUT2D eigenvalue weighted by Gasteiger charge is -2.28. The smallest absolute Gasteiger partial charge is 0.265 e. The van der Waals surface area contributed by atoms with Crippen LogP contribution in [-0.2, 0) is 0 Å². The molecule has 0 N–H and O–H groups in total. The third kappa shape index (κ3) is 12.4. The SMILES string of the molecule is COc1ccc2c3c(ccc(-c4ccc(-c5ccncc5)cc4)c13)C(=O)N(c1ccccc1)C2=O.COc1ccc2c3c(ccc(-c4nc(-c5ccccc5)nc(-c5ccc(-c6ccccc6)cc5)n4)c13)C(=O)N(c1ccccc1)C2=O.O=C1c2cccc3c(-c4ccccc4)ccc(c23)C(=O)N1c1ccc2ccccc2c1. The molecule has 6 amide bonds. The van der Waals surface area contributed by atoms with Crippen LogP contribution >= 0.6 is 0 Å². The van der Waals surface area contributed by atoms with Crippen LogP contribution in [-0.4, -0.2) is 69.6 Å². The fourth-order valence-electron chi connectivity index (χ4n) is 15.4. The molecule has 3 aliphatic rings. The highest BCUT2D eigenvalue weighted by molar-refractivity contribution is 6.39. The molecule has 0 unspecified atom stereocenters. The van der Waals surface area contributed by atoms with E-state index >= 15 is 0 Å². The van der Waals surface area contributed by atoms with Crippen LogP contribution in [0.3, 0.4) is 0 Å². The van der Waals surface area contributed by atoms with Crippen molar-refractivity contribution >= 4 is 95.6 Å². The Labute approximate surface area is 648 Å². The van der Waals surface area contributed by atoms with Gasteiger partial charge in [-0.25, -0.2) is 29.7 Å². The molecular weight excluding hydrogens is 1400 g/mol. The number of ether oxygens (including phenoxy) is 2. The fourth-order valence-corrected chi connectivity index (χ4v) is 15.4. The van der Waals surface area contributed by atoms with Crippen LogP contribution in [0.1, 0.15) is 62.1 Å². The van der Waals surface area contributed by atoms with Gasteiger partial charge < -0.3 is 9.47 Å². The normalized spacial score (nSPS) is 12.7. The number of benzene rings is 15. The van der Waals surface area contributed by atoms with Crippen molar-refractivity contribution in [2.45, 2.75) is 0 Å². The maximum atomic E-state index is 13.9. The highest BCUT2D eigenvalue weighted by Crippen LogP contribution is 2.46. The van der Waals surface area contributed by atoms with Gasteiger partial charge in [0.05, 0.1) is 31.3 Å². The number of amides is 6. The number of aromatic nitrogens is 4. The topological polar surface area (TPSA) is 182 Å². The summed E-state index contributed by atoms with van der Waals surface area (Å²) in [6.07, 6.45) is 3.54. The van der Waals surface area contributed by atoms with Gasteiger partial charge in [-0.1, -0.05) is 231 Å². The molecule has 0 fully saturated rings. The predicted octanol–water partition coefficient (Wildman–Crippen LogP) is 21.3. The molecule has 0 atom stereocenters. The second-order valence-electron chi connectivity index (χ2n) is 27.2. The molecule has 15 aromatic carbocycles. The van der Waals surface area contributed by atoms with Crippen LogP contribution in [0.2, 0.25) is 0 Å². The Morgan fingerprint density at radius 1 is 0.230 bits per heavy atom. The zero-order chi connectivity index (χ0) is 76.8. The number of hydrogen-bond donors (Lipinski definition) is 0. The molecule has 2 aromatic heterocycles. The Balaban J connectivity index is 0.000000121. The quantitative estimate of drug-likeness (QED) is 0.106. The van der Waals surface area contributed by atoms with Crippen molar-refractivity contribution < 1.29 is 38.2 Å². The standard InChI is InChI=1S/C40H26N4O3.C30H20N2O3.C28H17NO2/c1-47-33-24-23-32-34-31(39(45)44(40(32)46)29-15-9-4-10-16-29)22-21-30(35(33)34)38-42-36(27-13-7-3-8-14-27)41-37(43-38)28-19-17-26(18-20-28)25-11-5-2-6-12-25;1-35-26-14-13-25-27-24(29(33)32(30(25)34)22-5-3-2-4-6-22)12-11-23(28(26)27)21-9-7-19(8-10-21)20-15-17-31-18-16-20;30-27-24-12-6-11-23-22(19-8-2-1-3-9-19)15-16-25(26(23)24)28(31)29(27)21-14-13-18-7-4-5-10-20(18)17-21/h2-24H,1H3;2-18H,1H3;1-17H. The van der Waals surface area contributed by atoms with E-state index in [-0.39, 0.29) is 23.6 Å². The molecule has 3 aliphatic heterocycles. The zero-order valence-corrected chi connectivity index (χ0v) is 60.8. The largest absolute Gasteiger partial charge is 0.496 e.